The van der Waals surface area contributed by atoms with Crippen molar-refractivity contribution in [1.82, 2.24) is 9.80 Å². The molecule has 0 radical (unpaired) electrons. The summed E-state index contributed by atoms with van der Waals surface area (Å²) in [6.45, 7) is 15.0. The maximum atomic E-state index is 12.6. The second-order valence-electron chi connectivity index (χ2n) is 19.7. The number of hydrogen-bond acceptors (Lipinski definition) is 6. The number of aliphatic hydroxyl groups excluding tert-OH is 1. The van der Waals surface area contributed by atoms with Crippen LogP contribution in [0.2, 0.25) is 0 Å². The molecule has 7 nitrogen and oxygen atoms in total. The van der Waals surface area contributed by atoms with Crippen LogP contribution in [0.1, 0.15) is 279 Å². The smallest absolute Gasteiger partial charge is 0.305 e. The molecule has 0 heterocycles. The number of unbranched alkanes of at least 4 members (excludes halogenated alkanes) is 21. The van der Waals surface area contributed by atoms with E-state index in [0.717, 1.165) is 51.7 Å². The van der Waals surface area contributed by atoms with Gasteiger partial charge in [0.2, 0.25) is 5.91 Å². The van der Waals surface area contributed by atoms with Crippen molar-refractivity contribution >= 4 is 11.9 Å². The van der Waals surface area contributed by atoms with Crippen LogP contribution in [0.15, 0.2) is 0 Å². The molecule has 4 unspecified atom stereocenters. The Labute approximate surface area is 387 Å². The number of hydrogen-bond donors (Lipinski definition) is 1. The molecule has 4 atom stereocenters. The normalized spacial score (nSPS) is 13.7. The molecule has 0 aliphatic carbocycles. The van der Waals surface area contributed by atoms with Crippen molar-refractivity contribution < 1.29 is 24.2 Å². The Morgan fingerprint density at radius 2 is 0.839 bits per heavy atom. The lowest BCUT2D eigenvalue weighted by atomic mass is 9.96. The average Bonchev–Trinajstić information content (AvgIpc) is 3.26. The molecule has 0 aromatic carbocycles. The predicted octanol–water partition coefficient (Wildman–Crippen LogP) is 15.8. The fraction of sp³-hybridized carbons (Fsp3) is 0.964. The van der Waals surface area contributed by atoms with Gasteiger partial charge < -0.3 is 24.4 Å². The van der Waals surface area contributed by atoms with Gasteiger partial charge in [0.1, 0.15) is 0 Å². The lowest BCUT2D eigenvalue weighted by Gasteiger charge is -2.32. The first-order chi connectivity index (χ1) is 30.2. The number of ether oxygens (including phenoxy) is 2. The van der Waals surface area contributed by atoms with E-state index in [4.69, 9.17) is 9.47 Å². The van der Waals surface area contributed by atoms with Crippen LogP contribution in [-0.4, -0.2) is 79.5 Å². The monoisotopic (exact) mass is 879 g/mol. The third-order valence-electron chi connectivity index (χ3n) is 13.4. The molecule has 0 aromatic heterocycles. The zero-order chi connectivity index (χ0) is 45.7. The Morgan fingerprint density at radius 1 is 0.435 bits per heavy atom. The molecule has 0 bridgehead atoms. The number of carbonyl (C=O) groups is 2. The van der Waals surface area contributed by atoms with Crippen LogP contribution in [0.4, 0.5) is 0 Å². The minimum absolute atomic E-state index is 0.0117. The summed E-state index contributed by atoms with van der Waals surface area (Å²) in [6, 6.07) is 0.646. The third-order valence-corrected chi connectivity index (χ3v) is 13.4. The van der Waals surface area contributed by atoms with E-state index in [2.05, 4.69) is 39.5 Å². The van der Waals surface area contributed by atoms with Gasteiger partial charge in [-0.2, -0.15) is 0 Å². The van der Waals surface area contributed by atoms with E-state index in [1.807, 2.05) is 14.1 Å². The van der Waals surface area contributed by atoms with Crippen LogP contribution >= 0.6 is 0 Å². The highest BCUT2D eigenvalue weighted by atomic mass is 16.6. The van der Waals surface area contributed by atoms with Gasteiger partial charge in [0.05, 0.1) is 13.2 Å². The van der Waals surface area contributed by atoms with Crippen LogP contribution in [0, 0.1) is 11.8 Å². The van der Waals surface area contributed by atoms with Crippen LogP contribution in [0.25, 0.3) is 0 Å². The van der Waals surface area contributed by atoms with E-state index < -0.39 is 6.29 Å². The predicted molar refractivity (Wildman–Crippen MR) is 268 cm³/mol. The highest BCUT2D eigenvalue weighted by Gasteiger charge is 2.18. The molecule has 0 aromatic rings. The SMILES string of the molecule is CCCCCCC(CCCC)COC(=O)CCCCCCCCC(CCCCCCCCC(O)OCC(CCCC)CCCCCC)N(CCCC)CCCCCC(=O)N(C)C. The molecule has 7 heteroatoms. The molecular formula is C55H110N2O5. The van der Waals surface area contributed by atoms with Gasteiger partial charge in [-0.15, -0.1) is 0 Å². The summed E-state index contributed by atoms with van der Waals surface area (Å²) in [5.74, 6) is 1.39. The number of aliphatic hydroxyl groups is 1. The largest absolute Gasteiger partial charge is 0.465 e. The Kier molecular flexibility index (Phi) is 45.5. The van der Waals surface area contributed by atoms with Crippen LogP contribution in [0.5, 0.6) is 0 Å². The molecule has 0 spiro atoms. The highest BCUT2D eigenvalue weighted by molar-refractivity contribution is 5.75. The van der Waals surface area contributed by atoms with Gasteiger partial charge in [-0.05, 0) is 102 Å². The van der Waals surface area contributed by atoms with Crippen molar-refractivity contribution in [3.8, 4) is 0 Å². The summed E-state index contributed by atoms with van der Waals surface area (Å²) in [7, 11) is 3.72. The molecule has 0 saturated heterocycles. The van der Waals surface area contributed by atoms with Gasteiger partial charge in [0.15, 0.2) is 6.29 Å². The van der Waals surface area contributed by atoms with Crippen LogP contribution in [-0.2, 0) is 19.1 Å². The van der Waals surface area contributed by atoms with E-state index in [1.54, 1.807) is 4.90 Å². The summed E-state index contributed by atoms with van der Waals surface area (Å²) < 4.78 is 11.7. The van der Waals surface area contributed by atoms with E-state index in [-0.39, 0.29) is 11.9 Å². The Hall–Kier alpha value is -1.18. The molecule has 0 saturated carbocycles. The first kappa shape index (κ1) is 60.8. The van der Waals surface area contributed by atoms with Crippen LogP contribution in [0.3, 0.4) is 0 Å². The fourth-order valence-electron chi connectivity index (χ4n) is 9.04. The Balaban J connectivity index is 4.75. The molecule has 1 amide bonds. The zero-order valence-corrected chi connectivity index (χ0v) is 43.0. The summed E-state index contributed by atoms with van der Waals surface area (Å²) in [4.78, 5) is 29.2. The quantitative estimate of drug-likeness (QED) is 0.0373. The molecule has 1 N–H and O–H groups in total. The van der Waals surface area contributed by atoms with Crippen molar-refractivity contribution in [3.05, 3.63) is 0 Å². The number of esters is 1. The first-order valence-corrected chi connectivity index (χ1v) is 27.6. The molecule has 370 valence electrons. The molecule has 0 aliphatic heterocycles. The maximum Gasteiger partial charge on any atom is 0.305 e. The Morgan fingerprint density at radius 3 is 1.37 bits per heavy atom. The first-order valence-electron chi connectivity index (χ1n) is 27.6. The zero-order valence-electron chi connectivity index (χ0n) is 43.0. The lowest BCUT2D eigenvalue weighted by molar-refractivity contribution is -0.145. The van der Waals surface area contributed by atoms with E-state index >= 15 is 0 Å². The van der Waals surface area contributed by atoms with Gasteiger partial charge in [-0.3, -0.25) is 9.59 Å². The second kappa shape index (κ2) is 46.4. The van der Waals surface area contributed by atoms with E-state index in [0.29, 0.717) is 37.3 Å². The van der Waals surface area contributed by atoms with Crippen molar-refractivity contribution in [3.63, 3.8) is 0 Å². The minimum Gasteiger partial charge on any atom is -0.465 e. The van der Waals surface area contributed by atoms with Gasteiger partial charge in [-0.1, -0.05) is 189 Å². The van der Waals surface area contributed by atoms with Crippen molar-refractivity contribution in [2.75, 3.05) is 40.4 Å². The summed E-state index contributed by atoms with van der Waals surface area (Å²) >= 11 is 0. The maximum absolute atomic E-state index is 12.6. The highest BCUT2D eigenvalue weighted by Crippen LogP contribution is 2.23. The average molecular weight is 879 g/mol. The minimum atomic E-state index is -0.607. The standard InChI is InChI=1S/C55H110N2O5/c1-8-13-18-29-39-50(37-15-10-3)48-61-54(59)44-34-26-22-20-24-31-41-52(57(46-17-12-5)47-36-28-33-43-53(58)56(6)7)42-32-25-21-23-27-35-45-55(60)62-49-51(38-16-11-4)40-30-19-14-9-2/h50-52,54,59H,8-49H2,1-7H3. The number of rotatable bonds is 49. The second-order valence-corrected chi connectivity index (χ2v) is 19.7. The topological polar surface area (TPSA) is 79.3 Å². The molecule has 0 rings (SSSR count). The van der Waals surface area contributed by atoms with Crippen molar-refractivity contribution in [2.45, 2.75) is 291 Å². The van der Waals surface area contributed by atoms with Gasteiger partial charge >= 0.3 is 5.97 Å². The van der Waals surface area contributed by atoms with E-state index in [9.17, 15) is 14.7 Å². The summed E-state index contributed by atoms with van der Waals surface area (Å²) in [6.07, 6.45) is 44.3. The molecular weight excluding hydrogens is 769 g/mol. The summed E-state index contributed by atoms with van der Waals surface area (Å²) in [5.41, 5.74) is 0. The fourth-order valence-corrected chi connectivity index (χ4v) is 9.04. The molecule has 0 fully saturated rings. The van der Waals surface area contributed by atoms with E-state index in [1.165, 1.54) is 199 Å². The van der Waals surface area contributed by atoms with Crippen molar-refractivity contribution in [1.29, 1.82) is 0 Å². The Bertz CT molecular complexity index is 947. The number of nitrogens with zero attached hydrogens (tertiary/aromatic N) is 2. The number of carbonyl (C=O) groups excluding carboxylic acids is 2. The third kappa shape index (κ3) is 39.2. The van der Waals surface area contributed by atoms with Crippen LogP contribution < -0.4 is 0 Å². The molecule has 62 heavy (non-hydrogen) atoms. The van der Waals surface area contributed by atoms with Gasteiger partial charge in [0, 0.05) is 33.0 Å². The van der Waals surface area contributed by atoms with Gasteiger partial charge in [0.25, 0.3) is 0 Å². The van der Waals surface area contributed by atoms with Crippen molar-refractivity contribution in [2.24, 2.45) is 11.8 Å². The number of amides is 1. The summed E-state index contributed by atoms with van der Waals surface area (Å²) in [5, 5.41) is 10.6. The lowest BCUT2D eigenvalue weighted by Crippen LogP contribution is -2.37. The molecule has 0 aliphatic rings. The van der Waals surface area contributed by atoms with Gasteiger partial charge in [-0.25, -0.2) is 0 Å².